The van der Waals surface area contributed by atoms with Crippen LogP contribution in [-0.4, -0.2) is 26.4 Å². The Kier molecular flexibility index (Phi) is 3.99. The lowest BCUT2D eigenvalue weighted by molar-refractivity contribution is 0.101. The number of sulfonamides is 1. The van der Waals surface area contributed by atoms with E-state index in [1.54, 1.807) is 0 Å². The molecular weight excluding hydrogens is 290 g/mol. The lowest BCUT2D eigenvalue weighted by Gasteiger charge is -2.19. The van der Waals surface area contributed by atoms with Crippen molar-refractivity contribution in [2.24, 2.45) is 0 Å². The summed E-state index contributed by atoms with van der Waals surface area (Å²) >= 11 is 0. The van der Waals surface area contributed by atoms with E-state index in [4.69, 9.17) is 0 Å². The molecule has 0 aliphatic carbocycles. The molecule has 0 bridgehead atoms. The third-order valence-corrected chi connectivity index (χ3v) is 4.93. The van der Waals surface area contributed by atoms with Gasteiger partial charge in [-0.1, -0.05) is 12.1 Å². The maximum Gasteiger partial charge on any atom is 0.264 e. The Morgan fingerprint density at radius 2 is 1.52 bits per heavy atom. The number of ketones is 1. The Morgan fingerprint density at radius 1 is 1.00 bits per heavy atom. The summed E-state index contributed by atoms with van der Waals surface area (Å²) in [6.45, 7) is 1.42. The van der Waals surface area contributed by atoms with Crippen molar-refractivity contribution in [3.8, 4) is 5.75 Å². The maximum atomic E-state index is 12.5. The zero-order valence-electron chi connectivity index (χ0n) is 11.6. The highest BCUT2D eigenvalue weighted by atomic mass is 32.2. The van der Waals surface area contributed by atoms with Crippen molar-refractivity contribution in [1.82, 2.24) is 0 Å². The summed E-state index contributed by atoms with van der Waals surface area (Å²) in [6, 6.07) is 11.6. The van der Waals surface area contributed by atoms with E-state index in [-0.39, 0.29) is 16.4 Å². The van der Waals surface area contributed by atoms with Crippen molar-refractivity contribution in [2.75, 3.05) is 11.4 Å². The second-order valence-corrected chi connectivity index (χ2v) is 6.54. The molecule has 0 aromatic heterocycles. The molecule has 0 unspecified atom stereocenters. The predicted molar refractivity (Wildman–Crippen MR) is 80.1 cm³/mol. The van der Waals surface area contributed by atoms with Gasteiger partial charge in [0.25, 0.3) is 10.0 Å². The molecule has 0 spiro atoms. The number of benzene rings is 2. The number of aromatic hydroxyl groups is 1. The van der Waals surface area contributed by atoms with E-state index in [0.717, 1.165) is 4.31 Å². The molecule has 6 heteroatoms. The van der Waals surface area contributed by atoms with Gasteiger partial charge < -0.3 is 5.11 Å². The number of nitrogens with zero attached hydrogens (tertiary/aromatic N) is 1. The number of phenols is 1. The van der Waals surface area contributed by atoms with Crippen molar-refractivity contribution in [3.05, 3.63) is 54.1 Å². The molecule has 0 saturated heterocycles. The lowest BCUT2D eigenvalue weighted by Crippen LogP contribution is -2.26. The predicted octanol–water partition coefficient (Wildman–Crippen LogP) is 2.42. The van der Waals surface area contributed by atoms with Crippen molar-refractivity contribution < 1.29 is 18.3 Å². The molecular formula is C15H15NO4S. The highest BCUT2D eigenvalue weighted by Crippen LogP contribution is 2.24. The second kappa shape index (κ2) is 5.57. The first-order chi connectivity index (χ1) is 9.82. The molecule has 2 aromatic rings. The van der Waals surface area contributed by atoms with Gasteiger partial charge in [0.2, 0.25) is 0 Å². The van der Waals surface area contributed by atoms with Gasteiger partial charge >= 0.3 is 0 Å². The van der Waals surface area contributed by atoms with Crippen molar-refractivity contribution in [1.29, 1.82) is 0 Å². The summed E-state index contributed by atoms with van der Waals surface area (Å²) in [4.78, 5) is 11.3. The molecule has 1 N–H and O–H groups in total. The molecule has 5 nitrogen and oxygen atoms in total. The monoisotopic (exact) mass is 305 g/mol. The van der Waals surface area contributed by atoms with E-state index in [2.05, 4.69) is 0 Å². The number of anilines is 1. The fraction of sp³-hybridized carbons (Fsp3) is 0.133. The van der Waals surface area contributed by atoms with Gasteiger partial charge in [0, 0.05) is 12.6 Å². The molecule has 0 fully saturated rings. The number of hydrogen-bond acceptors (Lipinski definition) is 4. The van der Waals surface area contributed by atoms with E-state index in [0.29, 0.717) is 11.3 Å². The first-order valence-corrected chi connectivity index (χ1v) is 7.65. The third kappa shape index (κ3) is 3.05. The zero-order valence-corrected chi connectivity index (χ0v) is 12.5. The molecule has 0 aliphatic rings. The van der Waals surface area contributed by atoms with Crippen LogP contribution in [0.5, 0.6) is 5.75 Å². The van der Waals surface area contributed by atoms with Crippen LogP contribution >= 0.6 is 0 Å². The summed E-state index contributed by atoms with van der Waals surface area (Å²) in [5, 5.41) is 9.24. The van der Waals surface area contributed by atoms with E-state index in [9.17, 15) is 18.3 Å². The summed E-state index contributed by atoms with van der Waals surface area (Å²) in [7, 11) is -2.28. The van der Waals surface area contributed by atoms with Gasteiger partial charge in [-0.15, -0.1) is 0 Å². The standard InChI is InChI=1S/C15H15NO4S/c1-11(17)12-3-9-15(10-4-12)21(19,20)16(2)13-5-7-14(18)8-6-13/h3-10,18H,1-2H3. The minimum atomic E-state index is -3.71. The Hall–Kier alpha value is -2.34. The Bertz CT molecular complexity index is 749. The third-order valence-electron chi connectivity index (χ3n) is 3.13. The number of carbonyl (C=O) groups is 1. The van der Waals surface area contributed by atoms with Crippen molar-refractivity contribution >= 4 is 21.5 Å². The zero-order chi connectivity index (χ0) is 15.6. The van der Waals surface area contributed by atoms with Gasteiger partial charge in [0.15, 0.2) is 5.78 Å². The minimum Gasteiger partial charge on any atom is -0.508 e. The quantitative estimate of drug-likeness (QED) is 0.880. The number of Topliss-reactive ketones (excluding diaryl/α,β-unsaturated/α-hetero) is 1. The molecule has 21 heavy (non-hydrogen) atoms. The van der Waals surface area contributed by atoms with Crippen LogP contribution in [0.2, 0.25) is 0 Å². The van der Waals surface area contributed by atoms with Gasteiger partial charge in [0.05, 0.1) is 10.6 Å². The summed E-state index contributed by atoms with van der Waals surface area (Å²) in [6.07, 6.45) is 0. The molecule has 2 rings (SSSR count). The van der Waals surface area contributed by atoms with Crippen LogP contribution < -0.4 is 4.31 Å². The van der Waals surface area contributed by atoms with E-state index in [1.807, 2.05) is 0 Å². The molecule has 0 saturated carbocycles. The van der Waals surface area contributed by atoms with Crippen molar-refractivity contribution in [3.63, 3.8) is 0 Å². The number of hydrogen-bond donors (Lipinski definition) is 1. The molecule has 0 atom stereocenters. The maximum absolute atomic E-state index is 12.5. The fourth-order valence-electron chi connectivity index (χ4n) is 1.82. The second-order valence-electron chi connectivity index (χ2n) is 4.57. The van der Waals surface area contributed by atoms with Crippen LogP contribution in [-0.2, 0) is 10.0 Å². The van der Waals surface area contributed by atoms with Crippen LogP contribution in [0.3, 0.4) is 0 Å². The number of carbonyl (C=O) groups excluding carboxylic acids is 1. The normalized spacial score (nSPS) is 11.1. The average Bonchev–Trinajstić information content (AvgIpc) is 2.47. The Labute approximate surface area is 123 Å². The topological polar surface area (TPSA) is 74.7 Å². The summed E-state index contributed by atoms with van der Waals surface area (Å²) < 4.78 is 26.1. The van der Waals surface area contributed by atoms with Crippen LogP contribution in [0.25, 0.3) is 0 Å². The van der Waals surface area contributed by atoms with E-state index < -0.39 is 10.0 Å². The van der Waals surface area contributed by atoms with Gasteiger partial charge in [-0.3, -0.25) is 9.10 Å². The fourth-order valence-corrected chi connectivity index (χ4v) is 3.02. The van der Waals surface area contributed by atoms with Gasteiger partial charge in [-0.2, -0.15) is 0 Å². The van der Waals surface area contributed by atoms with Gasteiger partial charge in [0.1, 0.15) is 5.75 Å². The van der Waals surface area contributed by atoms with Crippen LogP contribution in [0.4, 0.5) is 5.69 Å². The first-order valence-electron chi connectivity index (χ1n) is 6.21. The molecule has 0 aliphatic heterocycles. The van der Waals surface area contributed by atoms with Crippen LogP contribution in [0.1, 0.15) is 17.3 Å². The molecule has 0 radical (unpaired) electrons. The molecule has 0 amide bonds. The number of rotatable bonds is 4. The van der Waals surface area contributed by atoms with E-state index in [1.165, 1.54) is 62.5 Å². The highest BCUT2D eigenvalue weighted by molar-refractivity contribution is 7.92. The van der Waals surface area contributed by atoms with Crippen molar-refractivity contribution in [2.45, 2.75) is 11.8 Å². The summed E-state index contributed by atoms with van der Waals surface area (Å²) in [5.41, 5.74) is 0.893. The Morgan fingerprint density at radius 3 is 2.00 bits per heavy atom. The first kappa shape index (κ1) is 15.1. The lowest BCUT2D eigenvalue weighted by atomic mass is 10.2. The minimum absolute atomic E-state index is 0.0651. The summed E-state index contributed by atoms with van der Waals surface area (Å²) in [5.74, 6) is -0.0544. The van der Waals surface area contributed by atoms with Gasteiger partial charge in [-0.25, -0.2) is 8.42 Å². The SMILES string of the molecule is CC(=O)c1ccc(S(=O)(=O)N(C)c2ccc(O)cc2)cc1. The van der Waals surface area contributed by atoms with Crippen LogP contribution in [0.15, 0.2) is 53.4 Å². The van der Waals surface area contributed by atoms with Gasteiger partial charge in [-0.05, 0) is 43.3 Å². The largest absolute Gasteiger partial charge is 0.508 e. The smallest absolute Gasteiger partial charge is 0.264 e. The molecule has 0 heterocycles. The average molecular weight is 305 g/mol. The highest BCUT2D eigenvalue weighted by Gasteiger charge is 2.21. The Balaban J connectivity index is 2.36. The molecule has 110 valence electrons. The van der Waals surface area contributed by atoms with E-state index >= 15 is 0 Å². The molecule has 2 aromatic carbocycles. The van der Waals surface area contributed by atoms with Crippen LogP contribution in [0, 0.1) is 0 Å². The number of phenolic OH excluding ortho intramolecular Hbond substituents is 1.